The van der Waals surface area contributed by atoms with E-state index in [0.717, 1.165) is 16.8 Å². The standard InChI is InChI=1S/C15H16ClFN2O/c1-10-11(8-13(17)15(20-2)14(10)16)9-18-19-12-6-4-3-5-7-12/h3-8,18-19H,9H2,1-2H3. The molecule has 2 aromatic rings. The van der Waals surface area contributed by atoms with Crippen LogP contribution in [0.5, 0.6) is 5.75 Å². The van der Waals surface area contributed by atoms with Gasteiger partial charge in [-0.25, -0.2) is 9.82 Å². The summed E-state index contributed by atoms with van der Waals surface area (Å²) in [5.74, 6) is -0.372. The predicted molar refractivity (Wildman–Crippen MR) is 79.6 cm³/mol. The predicted octanol–water partition coefficient (Wildman–Crippen LogP) is 3.91. The van der Waals surface area contributed by atoms with Crippen LogP contribution in [0.4, 0.5) is 10.1 Å². The quantitative estimate of drug-likeness (QED) is 0.820. The summed E-state index contributed by atoms with van der Waals surface area (Å²) in [7, 11) is 1.40. The van der Waals surface area contributed by atoms with Crippen molar-refractivity contribution >= 4 is 17.3 Å². The Morgan fingerprint density at radius 3 is 2.60 bits per heavy atom. The van der Waals surface area contributed by atoms with Crippen LogP contribution in [-0.2, 0) is 6.54 Å². The van der Waals surface area contributed by atoms with Gasteiger partial charge in [-0.15, -0.1) is 0 Å². The molecule has 106 valence electrons. The lowest BCUT2D eigenvalue weighted by Crippen LogP contribution is -2.21. The topological polar surface area (TPSA) is 33.3 Å². The van der Waals surface area contributed by atoms with Crippen LogP contribution in [0, 0.1) is 12.7 Å². The first-order valence-corrected chi connectivity index (χ1v) is 6.56. The van der Waals surface area contributed by atoms with Gasteiger partial charge in [0.2, 0.25) is 0 Å². The minimum atomic E-state index is -0.459. The smallest absolute Gasteiger partial charge is 0.173 e. The van der Waals surface area contributed by atoms with Gasteiger partial charge in [0, 0.05) is 12.2 Å². The maximum absolute atomic E-state index is 13.8. The Hall–Kier alpha value is -1.78. The second-order valence-electron chi connectivity index (χ2n) is 4.33. The van der Waals surface area contributed by atoms with E-state index in [4.69, 9.17) is 16.3 Å². The first kappa shape index (κ1) is 14.6. The van der Waals surface area contributed by atoms with Gasteiger partial charge in [-0.1, -0.05) is 29.8 Å². The molecule has 0 bridgehead atoms. The van der Waals surface area contributed by atoms with Crippen molar-refractivity contribution < 1.29 is 9.13 Å². The van der Waals surface area contributed by atoms with E-state index in [1.807, 2.05) is 37.3 Å². The number of anilines is 1. The third kappa shape index (κ3) is 3.21. The van der Waals surface area contributed by atoms with Crippen LogP contribution in [-0.4, -0.2) is 7.11 Å². The van der Waals surface area contributed by atoms with Gasteiger partial charge in [-0.05, 0) is 36.2 Å². The SMILES string of the molecule is COc1c(F)cc(CNNc2ccccc2)c(C)c1Cl. The fourth-order valence-electron chi connectivity index (χ4n) is 1.88. The maximum atomic E-state index is 13.8. The van der Waals surface area contributed by atoms with Crippen molar-refractivity contribution in [1.82, 2.24) is 5.43 Å². The molecule has 2 rings (SSSR count). The molecule has 0 aromatic heterocycles. The number of benzene rings is 2. The molecule has 0 aliphatic carbocycles. The molecule has 0 saturated heterocycles. The Morgan fingerprint density at radius 1 is 1.25 bits per heavy atom. The molecule has 0 atom stereocenters. The molecule has 0 aliphatic rings. The number of hydrogen-bond acceptors (Lipinski definition) is 3. The minimum Gasteiger partial charge on any atom is -0.492 e. The normalized spacial score (nSPS) is 10.4. The molecular formula is C15H16ClFN2O. The molecule has 2 aromatic carbocycles. The van der Waals surface area contributed by atoms with E-state index in [0.29, 0.717) is 11.6 Å². The zero-order valence-electron chi connectivity index (χ0n) is 11.3. The molecule has 0 amide bonds. The average molecular weight is 295 g/mol. The largest absolute Gasteiger partial charge is 0.492 e. The number of halogens is 2. The molecule has 5 heteroatoms. The Morgan fingerprint density at radius 2 is 1.95 bits per heavy atom. The van der Waals surface area contributed by atoms with E-state index in [1.165, 1.54) is 13.2 Å². The van der Waals surface area contributed by atoms with E-state index in [2.05, 4.69) is 10.9 Å². The number of rotatable bonds is 5. The van der Waals surface area contributed by atoms with Gasteiger partial charge >= 0.3 is 0 Å². The molecule has 0 saturated carbocycles. The highest BCUT2D eigenvalue weighted by molar-refractivity contribution is 6.32. The summed E-state index contributed by atoms with van der Waals surface area (Å²) in [5, 5.41) is 0.309. The highest BCUT2D eigenvalue weighted by atomic mass is 35.5. The summed E-state index contributed by atoms with van der Waals surface area (Å²) in [5.41, 5.74) is 8.58. The van der Waals surface area contributed by atoms with Crippen LogP contribution in [0.15, 0.2) is 36.4 Å². The number of ether oxygens (including phenoxy) is 1. The maximum Gasteiger partial charge on any atom is 0.173 e. The van der Waals surface area contributed by atoms with Gasteiger partial charge in [-0.2, -0.15) is 0 Å². The third-order valence-electron chi connectivity index (χ3n) is 3.02. The van der Waals surface area contributed by atoms with Gasteiger partial charge < -0.3 is 10.2 Å². The van der Waals surface area contributed by atoms with Crippen molar-refractivity contribution in [3.05, 3.63) is 58.4 Å². The fraction of sp³-hybridized carbons (Fsp3) is 0.200. The van der Waals surface area contributed by atoms with Gasteiger partial charge in [0.1, 0.15) is 0 Å². The Labute approximate surface area is 122 Å². The second-order valence-corrected chi connectivity index (χ2v) is 4.71. The molecular weight excluding hydrogens is 279 g/mol. The molecule has 2 N–H and O–H groups in total. The number of nitrogens with one attached hydrogen (secondary N) is 2. The first-order valence-electron chi connectivity index (χ1n) is 6.19. The minimum absolute atomic E-state index is 0.0870. The highest BCUT2D eigenvalue weighted by Gasteiger charge is 2.14. The molecule has 0 aliphatic heterocycles. The van der Waals surface area contributed by atoms with Gasteiger partial charge in [-0.3, -0.25) is 0 Å². The molecule has 0 fully saturated rings. The van der Waals surface area contributed by atoms with Crippen LogP contribution in [0.1, 0.15) is 11.1 Å². The lowest BCUT2D eigenvalue weighted by atomic mass is 10.1. The molecule has 0 unspecified atom stereocenters. The van der Waals surface area contributed by atoms with E-state index in [1.54, 1.807) is 0 Å². The summed E-state index contributed by atoms with van der Waals surface area (Å²) >= 11 is 6.09. The van der Waals surface area contributed by atoms with E-state index in [-0.39, 0.29) is 5.75 Å². The van der Waals surface area contributed by atoms with Crippen LogP contribution >= 0.6 is 11.6 Å². The van der Waals surface area contributed by atoms with Gasteiger partial charge in [0.15, 0.2) is 11.6 Å². The second kappa shape index (κ2) is 6.59. The third-order valence-corrected chi connectivity index (χ3v) is 3.47. The van der Waals surface area contributed by atoms with E-state index < -0.39 is 5.82 Å². The van der Waals surface area contributed by atoms with Crippen molar-refractivity contribution in [2.75, 3.05) is 12.5 Å². The monoisotopic (exact) mass is 294 g/mol. The summed E-state index contributed by atoms with van der Waals surface area (Å²) in [6.45, 7) is 2.28. The zero-order valence-corrected chi connectivity index (χ0v) is 12.1. The summed E-state index contributed by atoms with van der Waals surface area (Å²) < 4.78 is 18.7. The van der Waals surface area contributed by atoms with Crippen molar-refractivity contribution in [3.8, 4) is 5.75 Å². The summed E-state index contributed by atoms with van der Waals surface area (Å²) in [4.78, 5) is 0. The van der Waals surface area contributed by atoms with Crippen LogP contribution in [0.25, 0.3) is 0 Å². The van der Waals surface area contributed by atoms with E-state index in [9.17, 15) is 4.39 Å². The highest BCUT2D eigenvalue weighted by Crippen LogP contribution is 2.33. The Kier molecular flexibility index (Phi) is 4.82. The lowest BCUT2D eigenvalue weighted by molar-refractivity contribution is 0.386. The Balaban J connectivity index is 2.07. The van der Waals surface area contributed by atoms with E-state index >= 15 is 0 Å². The van der Waals surface area contributed by atoms with Gasteiger partial charge in [0.25, 0.3) is 0 Å². The number of hydrogen-bond donors (Lipinski definition) is 2. The molecule has 0 radical (unpaired) electrons. The summed E-state index contributed by atoms with van der Waals surface area (Å²) in [6, 6.07) is 11.1. The fourth-order valence-corrected chi connectivity index (χ4v) is 2.17. The van der Waals surface area contributed by atoms with Gasteiger partial charge in [0.05, 0.1) is 12.1 Å². The van der Waals surface area contributed by atoms with Crippen LogP contribution in [0.2, 0.25) is 5.02 Å². The summed E-state index contributed by atoms with van der Waals surface area (Å²) in [6.07, 6.45) is 0. The lowest BCUT2D eigenvalue weighted by Gasteiger charge is -2.14. The first-order chi connectivity index (χ1) is 9.63. The molecule has 3 nitrogen and oxygen atoms in total. The molecule has 0 heterocycles. The van der Waals surface area contributed by atoms with Crippen molar-refractivity contribution in [1.29, 1.82) is 0 Å². The van der Waals surface area contributed by atoms with Crippen LogP contribution in [0.3, 0.4) is 0 Å². The number of hydrazine groups is 1. The van der Waals surface area contributed by atoms with Crippen molar-refractivity contribution in [2.45, 2.75) is 13.5 Å². The molecule has 20 heavy (non-hydrogen) atoms. The van der Waals surface area contributed by atoms with Crippen molar-refractivity contribution in [3.63, 3.8) is 0 Å². The van der Waals surface area contributed by atoms with Crippen molar-refractivity contribution in [2.24, 2.45) is 0 Å². The molecule has 0 spiro atoms. The Bertz CT molecular complexity index is 590. The van der Waals surface area contributed by atoms with Crippen LogP contribution < -0.4 is 15.6 Å². The zero-order chi connectivity index (χ0) is 14.5. The average Bonchev–Trinajstić information content (AvgIpc) is 2.46. The number of methoxy groups -OCH3 is 1. The number of para-hydroxylation sites is 1.